The fraction of sp³-hybridized carbons (Fsp3) is 1.00. The van der Waals surface area contributed by atoms with Gasteiger partial charge < -0.3 is 48.3 Å². The van der Waals surface area contributed by atoms with Crippen molar-refractivity contribution in [1.29, 1.82) is 0 Å². The highest BCUT2D eigenvalue weighted by atomic mass is 31.1. The van der Waals surface area contributed by atoms with Crippen LogP contribution in [-0.4, -0.2) is 245 Å². The molecule has 0 N–H and O–H groups in total. The Morgan fingerprint density at radius 1 is 0.339 bits per heavy atom. The Morgan fingerprint density at radius 2 is 0.625 bits per heavy atom. The smallest absolute Gasteiger partial charge is 0.0589 e. The van der Waals surface area contributed by atoms with Crippen LogP contribution in [0.2, 0.25) is 0 Å². The summed E-state index contributed by atoms with van der Waals surface area (Å²) in [7, 11) is 28.3. The summed E-state index contributed by atoms with van der Waals surface area (Å²) in [6.07, 6.45) is 10.6. The lowest BCUT2D eigenvalue weighted by molar-refractivity contribution is 0.164. The molecule has 0 aliphatic rings. The second-order valence-corrected chi connectivity index (χ2v) is 20.4. The summed E-state index contributed by atoms with van der Waals surface area (Å²) >= 11 is 0. The van der Waals surface area contributed by atoms with Crippen molar-refractivity contribution in [3.05, 3.63) is 0 Å². The largest absolute Gasteiger partial charge is 0.384 e. The molecule has 0 aliphatic carbocycles. The zero-order valence-corrected chi connectivity index (χ0v) is 45.1. The molecule has 56 heavy (non-hydrogen) atoms. The van der Waals surface area contributed by atoms with Crippen LogP contribution < -0.4 is 0 Å². The molecule has 0 aromatic carbocycles. The number of rotatable bonds is 24. The van der Waals surface area contributed by atoms with Crippen molar-refractivity contribution < 1.29 is 18.9 Å². The van der Waals surface area contributed by atoms with Crippen LogP contribution in [0.5, 0.6) is 0 Å². The van der Waals surface area contributed by atoms with Gasteiger partial charge in [0.2, 0.25) is 0 Å². The Bertz CT molecular complexity index is 540. The van der Waals surface area contributed by atoms with E-state index in [1.165, 1.54) is 76.5 Å². The van der Waals surface area contributed by atoms with Gasteiger partial charge in [-0.3, -0.25) is 0 Å². The minimum Gasteiger partial charge on any atom is -0.384 e. The maximum absolute atomic E-state index is 4.93. The van der Waals surface area contributed by atoms with Gasteiger partial charge >= 0.3 is 0 Å². The second kappa shape index (κ2) is 70.0. The molecule has 0 radical (unpaired) electrons. The number of ether oxygens (including phenoxy) is 4. The Balaban J connectivity index is -0.0000000785. The van der Waals surface area contributed by atoms with Crippen LogP contribution in [0.4, 0.5) is 0 Å². The molecule has 0 aromatic heterocycles. The number of methoxy groups -OCH3 is 4. The molecule has 12 heteroatoms. The molecular weight excluding hydrogens is 738 g/mol. The van der Waals surface area contributed by atoms with E-state index >= 15 is 0 Å². The molecule has 0 saturated heterocycles. The summed E-state index contributed by atoms with van der Waals surface area (Å²) in [5.74, 6) is 0. The minimum absolute atomic E-state index is 0.291. The molecule has 0 fully saturated rings. The highest BCUT2D eigenvalue weighted by Crippen LogP contribution is 2.29. The molecule has 0 bridgehead atoms. The van der Waals surface area contributed by atoms with Crippen molar-refractivity contribution in [3.63, 3.8) is 0 Å². The van der Waals surface area contributed by atoms with Gasteiger partial charge in [0.15, 0.2) is 0 Å². The summed E-state index contributed by atoms with van der Waals surface area (Å²) in [5.41, 5.74) is 0. The third-order valence-corrected chi connectivity index (χ3v) is 11.9. The van der Waals surface area contributed by atoms with E-state index in [1.807, 2.05) is 28.2 Å². The third kappa shape index (κ3) is 117. The van der Waals surface area contributed by atoms with E-state index in [0.717, 1.165) is 52.6 Å². The molecule has 0 amide bonds. The van der Waals surface area contributed by atoms with Crippen molar-refractivity contribution in [2.45, 2.75) is 81.1 Å². The summed E-state index contributed by atoms with van der Waals surface area (Å²) in [5, 5.41) is 0. The Kier molecular flexibility index (Phi) is 92.5. The Morgan fingerprint density at radius 3 is 0.786 bits per heavy atom. The number of hydrogen-bond donors (Lipinski definition) is 0. The highest BCUT2D eigenvalue weighted by molar-refractivity contribution is 7.57. The summed E-state index contributed by atoms with van der Waals surface area (Å²) < 4.78 is 19.4. The molecular formula is C44H112N6O4P2. The van der Waals surface area contributed by atoms with Crippen LogP contribution >= 0.6 is 15.8 Å². The quantitative estimate of drug-likeness (QED) is 0.0885. The van der Waals surface area contributed by atoms with E-state index in [-0.39, 0.29) is 0 Å². The topological polar surface area (TPSA) is 56.4 Å². The fourth-order valence-electron chi connectivity index (χ4n) is 3.33. The van der Waals surface area contributed by atoms with Crippen molar-refractivity contribution >= 4 is 15.8 Å². The molecule has 2 unspecified atom stereocenters. The van der Waals surface area contributed by atoms with Crippen molar-refractivity contribution in [2.75, 3.05) is 216 Å². The first-order valence-electron chi connectivity index (χ1n) is 21.6. The first-order chi connectivity index (χ1) is 26.3. The zero-order valence-electron chi connectivity index (χ0n) is 43.4. The Labute approximate surface area is 359 Å². The van der Waals surface area contributed by atoms with Gasteiger partial charge in [-0.1, -0.05) is 61.8 Å². The maximum Gasteiger partial charge on any atom is 0.0589 e. The van der Waals surface area contributed by atoms with Crippen LogP contribution in [0, 0.1) is 0 Å². The monoisotopic (exact) mass is 851 g/mol. The predicted molar refractivity (Wildman–Crippen MR) is 266 cm³/mol. The average Bonchev–Trinajstić information content (AvgIpc) is 3.15. The van der Waals surface area contributed by atoms with Gasteiger partial charge in [-0.15, -0.1) is 15.8 Å². The van der Waals surface area contributed by atoms with Gasteiger partial charge in [0, 0.05) is 48.1 Å². The molecule has 0 aliphatic heterocycles. The zero-order chi connectivity index (χ0) is 45.6. The van der Waals surface area contributed by atoms with Crippen molar-refractivity contribution in [3.8, 4) is 0 Å². The molecule has 0 saturated carbocycles. The van der Waals surface area contributed by atoms with Crippen LogP contribution in [0.15, 0.2) is 0 Å². The van der Waals surface area contributed by atoms with Gasteiger partial charge in [-0.25, -0.2) is 0 Å². The summed E-state index contributed by atoms with van der Waals surface area (Å²) in [6.45, 7) is 34.7. The van der Waals surface area contributed by atoms with Gasteiger partial charge in [0.05, 0.1) is 26.4 Å². The standard InChI is InChI=1S/C6H15NO.C6H15N.C6H15OP.C6H15P.2C5H13NO.2C5H13N/c1-4-7(2)5-6-8-3;1-4-6-7(3)5-2;1-4-8(3)6-5-7-2;1-4-6-7(3)5-2;2*1-6(2)4-5-7-3;2*1-4-5-6(2)3/h4-6H2,1-3H3;4-6H2,1-3H3;4-6H2,1-3H3;4-6H2,1-3H3;2*4-5H2,1-3H3;2*4-5H2,1-3H3. The Hall–Kier alpha value is 0.460. The molecule has 0 aromatic rings. The van der Waals surface area contributed by atoms with Crippen molar-refractivity contribution in [1.82, 2.24) is 29.4 Å². The van der Waals surface area contributed by atoms with E-state index in [2.05, 4.69) is 140 Å². The van der Waals surface area contributed by atoms with E-state index in [4.69, 9.17) is 18.9 Å². The molecule has 2 atom stereocenters. The molecule has 0 rings (SSSR count). The van der Waals surface area contributed by atoms with Gasteiger partial charge in [0.1, 0.15) is 0 Å². The van der Waals surface area contributed by atoms with Crippen LogP contribution in [0.3, 0.4) is 0 Å². The van der Waals surface area contributed by atoms with E-state index in [9.17, 15) is 0 Å². The lowest BCUT2D eigenvalue weighted by Crippen LogP contribution is -2.21. The molecule has 352 valence electrons. The number of nitrogens with zero attached hydrogens (tertiary/aromatic N) is 6. The van der Waals surface area contributed by atoms with Crippen LogP contribution in [-0.2, 0) is 18.9 Å². The summed E-state index contributed by atoms with van der Waals surface area (Å²) in [4.78, 5) is 13.1. The fourth-order valence-corrected chi connectivity index (χ4v) is 5.22. The number of likely N-dealkylation sites (N-methyl/N-ethyl adjacent to an activating group) is 3. The first kappa shape index (κ1) is 73.9. The predicted octanol–water partition coefficient (Wildman–Crippen LogP) is 8.53. The first-order valence-corrected chi connectivity index (χ1v) is 25.9. The lowest BCUT2D eigenvalue weighted by atomic mass is 10.4. The highest BCUT2D eigenvalue weighted by Gasteiger charge is 1.94. The van der Waals surface area contributed by atoms with Crippen molar-refractivity contribution in [2.24, 2.45) is 0 Å². The normalized spacial score (nSPS) is 11.2. The molecule has 10 nitrogen and oxygen atoms in total. The second-order valence-electron chi connectivity index (χ2n) is 14.8. The molecule has 0 spiro atoms. The number of hydrogen-bond acceptors (Lipinski definition) is 10. The van der Waals surface area contributed by atoms with Gasteiger partial charge in [0.25, 0.3) is 0 Å². The van der Waals surface area contributed by atoms with Gasteiger partial charge in [-0.2, -0.15) is 0 Å². The third-order valence-electron chi connectivity index (χ3n) is 7.55. The SMILES string of the molecule is CCCN(C)C.CCCN(C)C.CCCN(C)CC.CCCP(C)CC.CCN(C)CCOC.CCP(C)CCOC.COCCN(C)C.COCCN(C)C. The van der Waals surface area contributed by atoms with Gasteiger partial charge in [-0.05, 0) is 160 Å². The van der Waals surface area contributed by atoms with E-state index in [0.29, 0.717) is 15.8 Å². The minimum atomic E-state index is 0.291. The lowest BCUT2D eigenvalue weighted by Gasteiger charge is -2.11. The average molecular weight is 851 g/mol. The summed E-state index contributed by atoms with van der Waals surface area (Å²) in [6, 6.07) is 0. The maximum atomic E-state index is 4.93. The van der Waals surface area contributed by atoms with E-state index < -0.39 is 0 Å². The molecule has 0 heterocycles. The van der Waals surface area contributed by atoms with Crippen LogP contribution in [0.1, 0.15) is 81.1 Å². The van der Waals surface area contributed by atoms with Crippen LogP contribution in [0.25, 0.3) is 0 Å². The van der Waals surface area contributed by atoms with E-state index in [1.54, 1.807) is 28.4 Å².